The molecule has 0 aliphatic rings. The minimum atomic E-state index is -1.34. The summed E-state index contributed by atoms with van der Waals surface area (Å²) in [6.07, 6.45) is 2.44. The fraction of sp³-hybridized carbons (Fsp3) is 0.639. The molecule has 0 saturated heterocycles. The third-order valence-corrected chi connectivity index (χ3v) is 17.5. The Kier molecular flexibility index (Phi) is 46.4. The number of aromatic hydroxyl groups is 1. The molecule has 1 rings (SSSR count). The molecule has 20 amide bonds. The van der Waals surface area contributed by atoms with Gasteiger partial charge in [0.1, 0.15) is 108 Å². The normalized spacial score (nSPS) is 15.3. The second-order valence-electron chi connectivity index (χ2n) is 28.1. The smallest absolute Gasteiger partial charge is 0.243 e. The van der Waals surface area contributed by atoms with Crippen LogP contribution in [-0.2, 0) is 102 Å². The van der Waals surface area contributed by atoms with Crippen molar-refractivity contribution in [1.29, 1.82) is 0 Å². The standard InChI is InChI=1S/C72H121N23O21/c1-34(56(76)100)79-57(101)35(2)80-58(102)36(3)81-59(103)38(5)85-65(109)43(10)90-71(115)51(22-16-19-29-74)94-68(112)46(13)88-63(107)41(8)83-61(105)39(6)86-66(110)44(11)91-72(116)52(23-17-20-30-75)95-67(111)45(12)87-62(106)40(7)82-60(104)37(4)84-64(108)42(9)89-70(114)50(21-15-18-28-73)93-55(99)33-77-54(98)32-78-69(113)53(92-47(14)96)31-48-24-26-49(97)27-25-48/h24-27,34-46,50-53,97H,15-23,28-33,73-75H2,1-14H3,(H2,76,100)(H,77,98)(H,78,113)(H,79,101)(H,80,102)(H,81,103)(H,82,104)(H,83,105)(H,84,108)(H,85,109)(H,86,110)(H,87,106)(H,88,107)(H,89,114)(H,90,115)(H,91,116)(H,92,96)(H,93,99)(H,94,112)(H,95,111)/t34-,35+,36+,37+,38+,39+,40+,41+,42+,43+,44+,45+,46+,50+,51+,52+,53+/m1/s1. The van der Waals surface area contributed by atoms with Crippen LogP contribution < -0.4 is 124 Å². The maximum absolute atomic E-state index is 13.7. The molecular formula is C72H121N23O21. The van der Waals surface area contributed by atoms with E-state index in [9.17, 15) is 101 Å². The van der Waals surface area contributed by atoms with E-state index in [2.05, 4.69) is 101 Å². The lowest BCUT2D eigenvalue weighted by molar-refractivity contribution is -0.135. The summed E-state index contributed by atoms with van der Waals surface area (Å²) in [7, 11) is 0. The van der Waals surface area contributed by atoms with Crippen molar-refractivity contribution in [2.45, 2.75) is 264 Å². The van der Waals surface area contributed by atoms with Gasteiger partial charge in [-0.05, 0) is 185 Å². The largest absolute Gasteiger partial charge is 0.508 e. The van der Waals surface area contributed by atoms with E-state index in [0.717, 1.165) is 0 Å². The number of nitrogens with one attached hydrogen (secondary N) is 19. The zero-order valence-electron chi connectivity index (χ0n) is 68.2. The summed E-state index contributed by atoms with van der Waals surface area (Å²) in [5, 5.41) is 55.8. The molecule has 0 fully saturated rings. The van der Waals surface area contributed by atoms with Crippen LogP contribution in [0.5, 0.6) is 5.75 Å². The molecule has 0 heterocycles. The SMILES string of the molecule is CC(=O)N[C@@H](Cc1ccc(O)cc1)C(=O)NCC(=O)NCC(=O)N[C@@H](CCCCN)C(=O)N[C@@H](C)C(=O)N[C@@H](C)C(=O)N[C@@H](C)C(=O)N[C@@H](C)C(=O)N[C@@H](CCCCN)C(=O)N[C@@H](C)C(=O)N[C@@H](C)C(=O)N[C@@H](C)C(=O)N[C@@H](C)C(=O)N[C@@H](CCCCN)C(=O)N[C@@H](C)C(=O)N[C@@H](C)C(=O)N[C@@H](C)C(=O)N[C@@H](C)C(=O)N[C@H](C)C(N)=O. The van der Waals surface area contributed by atoms with Crippen LogP contribution in [0.1, 0.15) is 160 Å². The minimum Gasteiger partial charge on any atom is -0.508 e. The minimum absolute atomic E-state index is 0.00696. The van der Waals surface area contributed by atoms with Crippen LogP contribution >= 0.6 is 0 Å². The number of carbonyl (C=O) groups is 20. The molecular weight excluding hydrogens is 1520 g/mol. The first-order chi connectivity index (χ1) is 54.3. The molecule has 0 unspecified atom stereocenters. The van der Waals surface area contributed by atoms with E-state index in [-0.39, 0.29) is 51.1 Å². The summed E-state index contributed by atoms with van der Waals surface area (Å²) in [6, 6.07) is -15.5. The van der Waals surface area contributed by atoms with E-state index in [1.54, 1.807) is 12.1 Å². The number of benzene rings is 1. The molecule has 0 aromatic heterocycles. The van der Waals surface area contributed by atoms with Crippen LogP contribution in [0.3, 0.4) is 0 Å². The molecule has 28 N–H and O–H groups in total. The number of nitrogens with two attached hydrogens (primary N) is 4. The topological polar surface area (TPSA) is 694 Å². The van der Waals surface area contributed by atoms with Crippen LogP contribution in [0.4, 0.5) is 0 Å². The van der Waals surface area contributed by atoms with E-state index in [4.69, 9.17) is 22.9 Å². The van der Waals surface area contributed by atoms with Crippen LogP contribution in [0.2, 0.25) is 0 Å². The number of hydrogen-bond donors (Lipinski definition) is 24. The van der Waals surface area contributed by atoms with Gasteiger partial charge < -0.3 is 129 Å². The number of phenolic OH excluding ortho intramolecular Hbond substituents is 1. The Morgan fingerprint density at radius 3 is 0.759 bits per heavy atom. The maximum Gasteiger partial charge on any atom is 0.243 e. The van der Waals surface area contributed by atoms with Crippen LogP contribution in [0.15, 0.2) is 24.3 Å². The molecule has 0 aliphatic carbocycles. The third kappa shape index (κ3) is 39.4. The van der Waals surface area contributed by atoms with E-state index in [1.807, 2.05) is 0 Å². The van der Waals surface area contributed by atoms with Gasteiger partial charge >= 0.3 is 0 Å². The molecule has 116 heavy (non-hydrogen) atoms. The van der Waals surface area contributed by atoms with Crippen LogP contribution in [0.25, 0.3) is 0 Å². The van der Waals surface area contributed by atoms with Gasteiger partial charge in [-0.3, -0.25) is 95.9 Å². The van der Waals surface area contributed by atoms with Gasteiger partial charge in [-0.25, -0.2) is 0 Å². The lowest BCUT2D eigenvalue weighted by Crippen LogP contribution is -2.59. The second-order valence-corrected chi connectivity index (χ2v) is 28.1. The van der Waals surface area contributed by atoms with Crippen molar-refractivity contribution in [1.82, 2.24) is 101 Å². The molecule has 1 aromatic carbocycles. The average molecular weight is 1640 g/mol. The van der Waals surface area contributed by atoms with Gasteiger partial charge in [-0.1, -0.05) is 12.1 Å². The first-order valence-corrected chi connectivity index (χ1v) is 38.1. The number of primary amides is 1. The highest BCUT2D eigenvalue weighted by molar-refractivity contribution is 6.01. The van der Waals surface area contributed by atoms with Gasteiger partial charge in [0, 0.05) is 13.3 Å². The molecule has 0 spiro atoms. The maximum atomic E-state index is 13.7. The molecule has 44 nitrogen and oxygen atoms in total. The summed E-state index contributed by atoms with van der Waals surface area (Å²) < 4.78 is 0. The molecule has 0 saturated carbocycles. The molecule has 1 aromatic rings. The van der Waals surface area contributed by atoms with E-state index in [0.29, 0.717) is 44.1 Å². The predicted molar refractivity (Wildman–Crippen MR) is 418 cm³/mol. The lowest BCUT2D eigenvalue weighted by atomic mass is 10.0. The number of carbonyl (C=O) groups excluding carboxylic acids is 20. The zero-order chi connectivity index (χ0) is 88.4. The van der Waals surface area contributed by atoms with Crippen molar-refractivity contribution in [3.63, 3.8) is 0 Å². The zero-order valence-corrected chi connectivity index (χ0v) is 68.2. The van der Waals surface area contributed by atoms with Crippen molar-refractivity contribution in [3.05, 3.63) is 29.8 Å². The van der Waals surface area contributed by atoms with E-state index >= 15 is 0 Å². The number of unbranched alkanes of at least 4 members (excludes halogenated alkanes) is 3. The Bertz CT molecular complexity index is 3590. The van der Waals surface area contributed by atoms with Crippen molar-refractivity contribution in [2.24, 2.45) is 22.9 Å². The van der Waals surface area contributed by atoms with Crippen molar-refractivity contribution in [2.75, 3.05) is 32.7 Å². The highest BCUT2D eigenvalue weighted by atomic mass is 16.3. The Labute approximate surface area is 672 Å². The Hall–Kier alpha value is -11.7. The molecule has 0 aliphatic heterocycles. The summed E-state index contributed by atoms with van der Waals surface area (Å²) in [4.78, 5) is 260. The highest BCUT2D eigenvalue weighted by Gasteiger charge is 2.35. The van der Waals surface area contributed by atoms with Gasteiger partial charge in [-0.2, -0.15) is 0 Å². The van der Waals surface area contributed by atoms with Crippen molar-refractivity contribution >= 4 is 118 Å². The first kappa shape index (κ1) is 102. The van der Waals surface area contributed by atoms with Gasteiger partial charge in [0.25, 0.3) is 0 Å². The Morgan fingerprint density at radius 1 is 0.276 bits per heavy atom. The predicted octanol–water partition coefficient (Wildman–Crippen LogP) is -9.44. The number of amides is 20. The lowest BCUT2D eigenvalue weighted by Gasteiger charge is -2.25. The quantitative estimate of drug-likeness (QED) is 0.0269. The number of hydrogen-bond acceptors (Lipinski definition) is 24. The molecule has 44 heteroatoms. The third-order valence-electron chi connectivity index (χ3n) is 17.5. The summed E-state index contributed by atoms with van der Waals surface area (Å²) in [6.45, 7) is 17.6. The number of rotatable bonds is 52. The van der Waals surface area contributed by atoms with Crippen LogP contribution in [0, 0.1) is 0 Å². The van der Waals surface area contributed by atoms with E-state index < -0.39 is 234 Å². The van der Waals surface area contributed by atoms with Gasteiger partial charge in [0.15, 0.2) is 0 Å². The summed E-state index contributed by atoms with van der Waals surface area (Å²) in [5.41, 5.74) is 22.7. The molecule has 650 valence electrons. The fourth-order valence-electron chi connectivity index (χ4n) is 10.2. The molecule has 17 atom stereocenters. The summed E-state index contributed by atoms with van der Waals surface area (Å²) in [5.74, 6) is -16.2. The fourth-order valence-corrected chi connectivity index (χ4v) is 10.2. The van der Waals surface area contributed by atoms with Gasteiger partial charge in [0.05, 0.1) is 13.1 Å². The highest BCUT2D eigenvalue weighted by Crippen LogP contribution is 2.13. The van der Waals surface area contributed by atoms with Gasteiger partial charge in [-0.15, -0.1) is 0 Å². The summed E-state index contributed by atoms with van der Waals surface area (Å²) >= 11 is 0. The first-order valence-electron chi connectivity index (χ1n) is 38.1. The second kappa shape index (κ2) is 52.6. The molecule has 0 bridgehead atoms. The van der Waals surface area contributed by atoms with E-state index in [1.165, 1.54) is 109 Å². The Balaban J connectivity index is 2.84. The number of phenols is 1. The average Bonchev–Trinajstić information content (AvgIpc) is 0.883. The van der Waals surface area contributed by atoms with Crippen LogP contribution in [-0.4, -0.2) is 259 Å². The van der Waals surface area contributed by atoms with Crippen molar-refractivity contribution in [3.8, 4) is 5.75 Å². The monoisotopic (exact) mass is 1640 g/mol. The Morgan fingerprint density at radius 2 is 0.509 bits per heavy atom. The van der Waals surface area contributed by atoms with Gasteiger partial charge in [0.2, 0.25) is 118 Å². The molecule has 0 radical (unpaired) electrons. The van der Waals surface area contributed by atoms with Crippen molar-refractivity contribution < 1.29 is 101 Å².